The first kappa shape index (κ1) is 14.1. The van der Waals surface area contributed by atoms with E-state index in [-0.39, 0.29) is 11.8 Å². The van der Waals surface area contributed by atoms with Gasteiger partial charge in [0.2, 0.25) is 0 Å². The zero-order valence-electron chi connectivity index (χ0n) is 12.1. The van der Waals surface area contributed by atoms with Gasteiger partial charge >= 0.3 is 0 Å². The number of nitrogens with two attached hydrogens (primary N) is 1. The fourth-order valence-electron chi connectivity index (χ4n) is 2.15. The lowest BCUT2D eigenvalue weighted by Gasteiger charge is -2.20. The summed E-state index contributed by atoms with van der Waals surface area (Å²) >= 11 is 0. The number of amides is 1. The minimum Gasteiger partial charge on any atom is -0.395 e. The Bertz CT molecular complexity index is 589. The Balaban J connectivity index is 2.35. The maximum atomic E-state index is 12.6. The summed E-state index contributed by atoms with van der Waals surface area (Å²) in [5, 5.41) is 6.95. The lowest BCUT2D eigenvalue weighted by molar-refractivity contribution is 0.0984. The normalized spacial score (nSPS) is 10.8. The Hall–Kier alpha value is -2.30. The van der Waals surface area contributed by atoms with E-state index >= 15 is 0 Å². The number of carbonyl (C=O) groups is 1. The number of H-pyrrole nitrogens is 1. The van der Waals surface area contributed by atoms with E-state index in [9.17, 15) is 4.79 Å². The van der Waals surface area contributed by atoms with Gasteiger partial charge in [-0.05, 0) is 25.0 Å². The van der Waals surface area contributed by atoms with E-state index in [0.717, 1.165) is 11.4 Å². The minimum atomic E-state index is -0.181. The molecule has 0 saturated heterocycles. The molecule has 0 aliphatic heterocycles. The van der Waals surface area contributed by atoms with Crippen LogP contribution in [0.3, 0.4) is 0 Å². The van der Waals surface area contributed by atoms with Crippen LogP contribution in [0.25, 0.3) is 0 Å². The van der Waals surface area contributed by atoms with Crippen LogP contribution in [-0.2, 0) is 0 Å². The van der Waals surface area contributed by atoms with E-state index in [0.29, 0.717) is 17.9 Å². The summed E-state index contributed by atoms with van der Waals surface area (Å²) in [6.45, 7) is 6.50. The van der Waals surface area contributed by atoms with Gasteiger partial charge in [-0.1, -0.05) is 32.0 Å². The van der Waals surface area contributed by atoms with Gasteiger partial charge in [0.15, 0.2) is 5.69 Å². The molecule has 2 rings (SSSR count). The average Bonchev–Trinajstić information content (AvgIpc) is 2.82. The molecule has 0 spiro atoms. The van der Waals surface area contributed by atoms with Crippen molar-refractivity contribution in [3.05, 3.63) is 41.7 Å². The van der Waals surface area contributed by atoms with Gasteiger partial charge in [0.1, 0.15) is 0 Å². The molecule has 5 heteroatoms. The van der Waals surface area contributed by atoms with Crippen molar-refractivity contribution in [1.29, 1.82) is 0 Å². The lowest BCUT2D eigenvalue weighted by Crippen LogP contribution is -2.31. The number of rotatable bonds is 4. The molecular weight excluding hydrogens is 252 g/mol. The van der Waals surface area contributed by atoms with Gasteiger partial charge in [0.05, 0.1) is 11.4 Å². The maximum Gasteiger partial charge on any atom is 0.280 e. The molecule has 3 N–H and O–H groups in total. The van der Waals surface area contributed by atoms with Gasteiger partial charge < -0.3 is 10.6 Å². The van der Waals surface area contributed by atoms with Gasteiger partial charge in [0, 0.05) is 12.2 Å². The number of aromatic amines is 1. The van der Waals surface area contributed by atoms with E-state index in [2.05, 4.69) is 10.2 Å². The monoisotopic (exact) mass is 272 g/mol. The van der Waals surface area contributed by atoms with E-state index in [4.69, 9.17) is 5.73 Å². The number of aromatic nitrogens is 2. The van der Waals surface area contributed by atoms with Crippen molar-refractivity contribution >= 4 is 17.3 Å². The molecule has 2 aromatic rings. The molecule has 0 bridgehead atoms. The highest BCUT2D eigenvalue weighted by Gasteiger charge is 2.23. The zero-order valence-corrected chi connectivity index (χ0v) is 12.1. The molecule has 0 saturated carbocycles. The smallest absolute Gasteiger partial charge is 0.280 e. The summed E-state index contributed by atoms with van der Waals surface area (Å²) in [6, 6.07) is 9.51. The van der Waals surface area contributed by atoms with Crippen molar-refractivity contribution < 1.29 is 4.79 Å². The van der Waals surface area contributed by atoms with Crippen LogP contribution in [0.2, 0.25) is 0 Å². The number of nitrogen functional groups attached to an aromatic ring is 1. The molecule has 1 heterocycles. The Morgan fingerprint density at radius 2 is 2.00 bits per heavy atom. The van der Waals surface area contributed by atoms with Gasteiger partial charge in [-0.25, -0.2) is 0 Å². The second-order valence-corrected chi connectivity index (χ2v) is 4.94. The number of para-hydroxylation sites is 1. The Morgan fingerprint density at radius 1 is 1.35 bits per heavy atom. The number of nitrogens with zero attached hydrogens (tertiary/aromatic N) is 2. The summed E-state index contributed by atoms with van der Waals surface area (Å²) in [7, 11) is 0. The largest absolute Gasteiger partial charge is 0.395 e. The summed E-state index contributed by atoms with van der Waals surface area (Å²) in [5.41, 5.74) is 8.41. The summed E-state index contributed by atoms with van der Waals surface area (Å²) in [4.78, 5) is 14.3. The number of hydrogen-bond acceptors (Lipinski definition) is 3. The second-order valence-electron chi connectivity index (χ2n) is 4.94. The third kappa shape index (κ3) is 2.52. The third-order valence-electron chi connectivity index (χ3n) is 3.24. The highest BCUT2D eigenvalue weighted by Crippen LogP contribution is 2.24. The topological polar surface area (TPSA) is 75.0 Å². The van der Waals surface area contributed by atoms with Gasteiger partial charge in [-0.2, -0.15) is 5.10 Å². The zero-order chi connectivity index (χ0) is 14.7. The van der Waals surface area contributed by atoms with Crippen LogP contribution in [0.5, 0.6) is 0 Å². The standard InChI is InChI=1S/C15H20N4O/c1-4-19(11-8-6-5-7-9-11)15(20)14-12(16)13(10(2)3)17-18-14/h5-10H,4,16H2,1-3H3,(H,17,18). The fourth-order valence-corrected chi connectivity index (χ4v) is 2.15. The Kier molecular flexibility index (Phi) is 4.08. The van der Waals surface area contributed by atoms with Crippen LogP contribution in [0, 0.1) is 0 Å². The second kappa shape index (κ2) is 5.77. The Labute approximate surface area is 118 Å². The number of anilines is 2. The first-order valence-electron chi connectivity index (χ1n) is 6.76. The van der Waals surface area contributed by atoms with Crippen LogP contribution >= 0.6 is 0 Å². The van der Waals surface area contributed by atoms with E-state index < -0.39 is 0 Å². The van der Waals surface area contributed by atoms with E-state index in [1.165, 1.54) is 0 Å². The molecule has 1 amide bonds. The van der Waals surface area contributed by atoms with E-state index in [1.54, 1.807) is 4.90 Å². The molecule has 5 nitrogen and oxygen atoms in total. The predicted octanol–water partition coefficient (Wildman–Crippen LogP) is 2.78. The molecule has 0 radical (unpaired) electrons. The molecule has 0 unspecified atom stereocenters. The minimum absolute atomic E-state index is 0.181. The van der Waals surface area contributed by atoms with Crippen molar-refractivity contribution in [1.82, 2.24) is 10.2 Å². The average molecular weight is 272 g/mol. The molecule has 0 aliphatic rings. The molecular formula is C15H20N4O. The van der Waals surface area contributed by atoms with E-state index in [1.807, 2.05) is 51.1 Å². The van der Waals surface area contributed by atoms with Crippen molar-refractivity contribution in [3.8, 4) is 0 Å². The molecule has 0 fully saturated rings. The number of benzene rings is 1. The van der Waals surface area contributed by atoms with Crippen molar-refractivity contribution in [2.75, 3.05) is 17.2 Å². The van der Waals surface area contributed by atoms with Crippen LogP contribution in [-0.4, -0.2) is 22.6 Å². The van der Waals surface area contributed by atoms with Crippen LogP contribution in [0.15, 0.2) is 30.3 Å². The van der Waals surface area contributed by atoms with Crippen molar-refractivity contribution in [2.24, 2.45) is 0 Å². The van der Waals surface area contributed by atoms with Gasteiger partial charge in [-0.3, -0.25) is 9.89 Å². The SMILES string of the molecule is CCN(C(=O)c1n[nH]c(C(C)C)c1N)c1ccccc1. The molecule has 106 valence electrons. The first-order valence-corrected chi connectivity index (χ1v) is 6.76. The van der Waals surface area contributed by atoms with Crippen molar-refractivity contribution in [2.45, 2.75) is 26.7 Å². The lowest BCUT2D eigenvalue weighted by atomic mass is 10.1. The Morgan fingerprint density at radius 3 is 2.50 bits per heavy atom. The quantitative estimate of drug-likeness (QED) is 0.898. The third-order valence-corrected chi connectivity index (χ3v) is 3.24. The maximum absolute atomic E-state index is 12.6. The van der Waals surface area contributed by atoms with Gasteiger partial charge in [0.25, 0.3) is 5.91 Å². The summed E-state index contributed by atoms with van der Waals surface area (Å²) in [5.74, 6) is 0.0233. The fraction of sp³-hybridized carbons (Fsp3) is 0.333. The van der Waals surface area contributed by atoms with Crippen molar-refractivity contribution in [3.63, 3.8) is 0 Å². The highest BCUT2D eigenvalue weighted by molar-refractivity contribution is 6.08. The molecule has 0 aliphatic carbocycles. The summed E-state index contributed by atoms with van der Waals surface area (Å²) in [6.07, 6.45) is 0. The first-order chi connectivity index (χ1) is 9.56. The predicted molar refractivity (Wildman–Crippen MR) is 80.9 cm³/mol. The molecule has 20 heavy (non-hydrogen) atoms. The number of nitrogens with one attached hydrogen (secondary N) is 1. The summed E-state index contributed by atoms with van der Waals surface area (Å²) < 4.78 is 0. The molecule has 1 aromatic heterocycles. The number of hydrogen-bond donors (Lipinski definition) is 2. The number of carbonyl (C=O) groups excluding carboxylic acids is 1. The molecule has 1 aromatic carbocycles. The van der Waals surface area contributed by atoms with Crippen LogP contribution < -0.4 is 10.6 Å². The highest BCUT2D eigenvalue weighted by atomic mass is 16.2. The van der Waals surface area contributed by atoms with Crippen LogP contribution in [0.4, 0.5) is 11.4 Å². The molecule has 0 atom stereocenters. The van der Waals surface area contributed by atoms with Crippen LogP contribution in [0.1, 0.15) is 42.9 Å². The van der Waals surface area contributed by atoms with Gasteiger partial charge in [-0.15, -0.1) is 0 Å².